The molecule has 3 fully saturated rings. The number of likely N-dealkylation sites (tertiary alicyclic amines) is 1. The van der Waals surface area contributed by atoms with Crippen molar-refractivity contribution in [2.45, 2.75) is 82.8 Å². The second-order valence-corrected chi connectivity index (χ2v) is 12.0. The van der Waals surface area contributed by atoms with Crippen LogP contribution in [0, 0.1) is 17.8 Å². The third-order valence-corrected chi connectivity index (χ3v) is 9.90. The lowest BCUT2D eigenvalue weighted by Crippen LogP contribution is -2.60. The Morgan fingerprint density at radius 3 is 2.70 bits per heavy atom. The summed E-state index contributed by atoms with van der Waals surface area (Å²) < 4.78 is 14.2. The number of hydrogen-bond acceptors (Lipinski definition) is 8. The molecule has 2 aromatic rings. The van der Waals surface area contributed by atoms with Gasteiger partial charge in [-0.25, -0.2) is 4.68 Å². The number of carbonyl (C=O) groups is 3. The molecule has 11 heteroatoms. The number of nitrogens with zero attached hydrogens (tertiary/aromatic N) is 5. The molecule has 2 unspecified atom stereocenters. The van der Waals surface area contributed by atoms with Gasteiger partial charge in [0.25, 0.3) is 0 Å². The summed E-state index contributed by atoms with van der Waals surface area (Å²) in [6.45, 7) is 13.5. The fourth-order valence-corrected chi connectivity index (χ4v) is 7.53. The van der Waals surface area contributed by atoms with Crippen LogP contribution in [0.1, 0.15) is 52.9 Å². The average molecular weight is 594 g/mol. The predicted octanol–water partition coefficient (Wildman–Crippen LogP) is 3.08. The Labute approximate surface area is 252 Å². The van der Waals surface area contributed by atoms with Crippen LogP contribution in [-0.4, -0.2) is 90.7 Å². The van der Waals surface area contributed by atoms with Crippen LogP contribution in [0.25, 0.3) is 11.0 Å². The average Bonchev–Trinajstić information content (AvgIpc) is 3.74. The van der Waals surface area contributed by atoms with Gasteiger partial charge in [0.1, 0.15) is 29.7 Å². The number of hydrogen-bond donors (Lipinski definition) is 1. The van der Waals surface area contributed by atoms with Crippen molar-refractivity contribution in [1.82, 2.24) is 24.8 Å². The number of ether oxygens (including phenoxy) is 2. The van der Waals surface area contributed by atoms with Gasteiger partial charge in [-0.1, -0.05) is 56.7 Å². The summed E-state index contributed by atoms with van der Waals surface area (Å²) in [5.74, 6) is -3.04. The van der Waals surface area contributed by atoms with Gasteiger partial charge < -0.3 is 24.4 Å². The van der Waals surface area contributed by atoms with Gasteiger partial charge in [0.15, 0.2) is 0 Å². The molecule has 43 heavy (non-hydrogen) atoms. The molecule has 232 valence electrons. The number of rotatable bonds is 14. The fraction of sp³-hybridized carbons (Fsp3) is 0.594. The van der Waals surface area contributed by atoms with Gasteiger partial charge >= 0.3 is 5.97 Å². The molecule has 0 saturated carbocycles. The molecule has 1 N–H and O–H groups in total. The van der Waals surface area contributed by atoms with Gasteiger partial charge in [-0.15, -0.1) is 18.3 Å². The molecule has 1 spiro atoms. The normalized spacial score (nSPS) is 29.0. The highest BCUT2D eigenvalue weighted by atomic mass is 16.6. The largest absolute Gasteiger partial charge is 0.465 e. The van der Waals surface area contributed by atoms with E-state index in [1.807, 2.05) is 45.0 Å². The van der Waals surface area contributed by atoms with E-state index in [4.69, 9.17) is 9.47 Å². The standard InChI is InChI=1S/C32H43N5O6/c1-6-10-18-42-30(41)26-25-28(39)37(24(19-38)21(5)8-3)27(32(25)16-15-31(26,9-4)43-32)29(40)35(17-7-2)20-36-23-14-12-11-13-22(23)33-34-36/h6-7,11-14,21,24-27,38H,1-2,8-10,15-20H2,3-5H3/t21-,24-,25-,26-,27?,31+,32?/m0/s1. The topological polar surface area (TPSA) is 127 Å². The summed E-state index contributed by atoms with van der Waals surface area (Å²) in [5.41, 5.74) is -0.690. The van der Waals surface area contributed by atoms with E-state index < -0.39 is 41.1 Å². The molecule has 7 atom stereocenters. The SMILES string of the molecule is C=CCCOC(=O)[C@@H]1[C@H]2C(=O)N([C@@H](CO)[C@@H](C)CC)C(C(=O)N(CC=C)Cn3nnc4ccccc43)C23CC[C@@]1(CC)O3. The molecular formula is C32H43N5O6. The van der Waals surface area contributed by atoms with Crippen LogP contribution in [0.4, 0.5) is 0 Å². The van der Waals surface area contributed by atoms with Crippen LogP contribution in [0.15, 0.2) is 49.6 Å². The number of para-hydroxylation sites is 1. The second kappa shape index (κ2) is 12.2. The molecule has 1 aromatic carbocycles. The number of amides is 2. The van der Waals surface area contributed by atoms with Gasteiger partial charge in [0, 0.05) is 6.54 Å². The summed E-state index contributed by atoms with van der Waals surface area (Å²) in [4.78, 5) is 46.2. The molecule has 3 saturated heterocycles. The molecule has 2 amide bonds. The lowest BCUT2D eigenvalue weighted by molar-refractivity contribution is -0.164. The van der Waals surface area contributed by atoms with Crippen molar-refractivity contribution in [2.75, 3.05) is 19.8 Å². The van der Waals surface area contributed by atoms with E-state index in [0.29, 0.717) is 37.6 Å². The van der Waals surface area contributed by atoms with E-state index in [2.05, 4.69) is 23.5 Å². The molecule has 2 bridgehead atoms. The third-order valence-electron chi connectivity index (χ3n) is 9.90. The number of aliphatic hydroxyl groups excluding tert-OH is 1. The Hall–Kier alpha value is -3.57. The first-order valence-electron chi connectivity index (χ1n) is 15.3. The molecule has 1 aromatic heterocycles. The van der Waals surface area contributed by atoms with Crippen molar-refractivity contribution in [2.24, 2.45) is 17.8 Å². The zero-order chi connectivity index (χ0) is 30.9. The maximum absolute atomic E-state index is 14.8. The van der Waals surface area contributed by atoms with E-state index >= 15 is 0 Å². The summed E-state index contributed by atoms with van der Waals surface area (Å²) in [6.07, 6.45) is 5.93. The van der Waals surface area contributed by atoms with E-state index in [0.717, 1.165) is 5.52 Å². The van der Waals surface area contributed by atoms with Crippen LogP contribution in [0.3, 0.4) is 0 Å². The molecule has 0 radical (unpaired) electrons. The first kappa shape index (κ1) is 30.9. The number of fused-ring (bicyclic) bond motifs is 2. The Morgan fingerprint density at radius 2 is 2.02 bits per heavy atom. The highest BCUT2D eigenvalue weighted by Gasteiger charge is 2.79. The zero-order valence-corrected chi connectivity index (χ0v) is 25.4. The Balaban J connectivity index is 1.59. The molecule has 4 heterocycles. The lowest BCUT2D eigenvalue weighted by atomic mass is 9.65. The lowest BCUT2D eigenvalue weighted by Gasteiger charge is -2.41. The summed E-state index contributed by atoms with van der Waals surface area (Å²) in [6, 6.07) is 5.79. The number of aliphatic hydroxyl groups is 1. The first-order chi connectivity index (χ1) is 20.7. The first-order valence-corrected chi connectivity index (χ1v) is 15.3. The molecule has 3 aliphatic heterocycles. The van der Waals surface area contributed by atoms with E-state index in [-0.39, 0.29) is 44.2 Å². The number of aromatic nitrogens is 3. The van der Waals surface area contributed by atoms with Gasteiger partial charge in [0.2, 0.25) is 11.8 Å². The van der Waals surface area contributed by atoms with Gasteiger partial charge in [-0.2, -0.15) is 0 Å². The third kappa shape index (κ3) is 4.86. The van der Waals surface area contributed by atoms with Crippen LogP contribution >= 0.6 is 0 Å². The number of benzene rings is 1. The van der Waals surface area contributed by atoms with E-state index in [9.17, 15) is 19.5 Å². The van der Waals surface area contributed by atoms with Crippen molar-refractivity contribution in [3.05, 3.63) is 49.6 Å². The van der Waals surface area contributed by atoms with Crippen molar-refractivity contribution >= 4 is 28.8 Å². The molecule has 3 aliphatic rings. The minimum atomic E-state index is -1.24. The van der Waals surface area contributed by atoms with Crippen molar-refractivity contribution in [3.63, 3.8) is 0 Å². The van der Waals surface area contributed by atoms with Crippen molar-refractivity contribution in [3.8, 4) is 0 Å². The second-order valence-electron chi connectivity index (χ2n) is 12.0. The fourth-order valence-electron chi connectivity index (χ4n) is 7.53. The minimum absolute atomic E-state index is 0.0731. The molecule has 11 nitrogen and oxygen atoms in total. The Kier molecular flexibility index (Phi) is 8.76. The van der Waals surface area contributed by atoms with Gasteiger partial charge in [0.05, 0.1) is 36.3 Å². The minimum Gasteiger partial charge on any atom is -0.465 e. The predicted molar refractivity (Wildman–Crippen MR) is 159 cm³/mol. The van der Waals surface area contributed by atoms with Crippen molar-refractivity contribution in [1.29, 1.82) is 0 Å². The number of esters is 1. The van der Waals surface area contributed by atoms with Crippen LogP contribution in [0.2, 0.25) is 0 Å². The summed E-state index contributed by atoms with van der Waals surface area (Å²) in [5, 5.41) is 19.1. The summed E-state index contributed by atoms with van der Waals surface area (Å²) in [7, 11) is 0. The quantitative estimate of drug-likeness (QED) is 0.201. The van der Waals surface area contributed by atoms with Crippen LogP contribution in [-0.2, 0) is 30.5 Å². The highest BCUT2D eigenvalue weighted by Crippen LogP contribution is 2.65. The summed E-state index contributed by atoms with van der Waals surface area (Å²) >= 11 is 0. The van der Waals surface area contributed by atoms with E-state index in [1.165, 1.54) is 4.90 Å². The maximum Gasteiger partial charge on any atom is 0.312 e. The monoisotopic (exact) mass is 593 g/mol. The van der Waals surface area contributed by atoms with Gasteiger partial charge in [-0.3, -0.25) is 14.4 Å². The Bertz CT molecular complexity index is 1390. The zero-order valence-electron chi connectivity index (χ0n) is 25.4. The number of carbonyl (C=O) groups excluding carboxylic acids is 3. The maximum atomic E-state index is 14.8. The van der Waals surface area contributed by atoms with Crippen LogP contribution in [0.5, 0.6) is 0 Å². The molecule has 0 aliphatic carbocycles. The smallest absolute Gasteiger partial charge is 0.312 e. The van der Waals surface area contributed by atoms with Crippen molar-refractivity contribution < 1.29 is 29.0 Å². The Morgan fingerprint density at radius 1 is 1.26 bits per heavy atom. The molecular weight excluding hydrogens is 550 g/mol. The molecule has 5 rings (SSSR count). The van der Waals surface area contributed by atoms with E-state index in [1.54, 1.807) is 21.7 Å². The van der Waals surface area contributed by atoms with Gasteiger partial charge in [-0.05, 0) is 43.7 Å². The van der Waals surface area contributed by atoms with Crippen LogP contribution < -0.4 is 0 Å². The highest BCUT2D eigenvalue weighted by molar-refractivity contribution is 5.98.